The number of anilines is 1. The zero-order chi connectivity index (χ0) is 28.4. The number of H-pyrrole nitrogens is 1. The highest BCUT2D eigenvalue weighted by Gasteiger charge is 2.48. The molecule has 0 bridgehead atoms. The van der Waals surface area contributed by atoms with E-state index in [2.05, 4.69) is 16.9 Å². The van der Waals surface area contributed by atoms with Gasteiger partial charge < -0.3 is 19.6 Å². The van der Waals surface area contributed by atoms with Gasteiger partial charge in [0.25, 0.3) is 5.78 Å². The van der Waals surface area contributed by atoms with Crippen LogP contribution < -0.4 is 14.4 Å². The molecule has 1 aromatic heterocycles. The third kappa shape index (κ3) is 5.00. The van der Waals surface area contributed by atoms with E-state index in [9.17, 15) is 23.5 Å². The number of halogens is 2. The molecule has 10 heteroatoms. The monoisotopic (exact) mass is 547 g/mol. The molecule has 1 aliphatic heterocycles. The first-order valence-corrected chi connectivity index (χ1v) is 12.8. The first-order chi connectivity index (χ1) is 19.3. The molecule has 2 N–H and O–H groups in total. The summed E-state index contributed by atoms with van der Waals surface area (Å²) in [5.74, 6) is -3.53. The van der Waals surface area contributed by atoms with E-state index in [0.717, 1.165) is 36.3 Å². The van der Waals surface area contributed by atoms with E-state index < -0.39 is 29.4 Å². The van der Waals surface area contributed by atoms with Gasteiger partial charge in [0.05, 0.1) is 36.4 Å². The Morgan fingerprint density at radius 3 is 2.50 bits per heavy atom. The van der Waals surface area contributed by atoms with Crippen LogP contribution >= 0.6 is 0 Å². The van der Waals surface area contributed by atoms with Gasteiger partial charge in [0.1, 0.15) is 17.3 Å². The molecule has 1 unspecified atom stereocenters. The fourth-order valence-corrected chi connectivity index (χ4v) is 4.69. The number of amides is 1. The van der Waals surface area contributed by atoms with Gasteiger partial charge in [-0.25, -0.2) is 13.8 Å². The highest BCUT2D eigenvalue weighted by molar-refractivity contribution is 6.51. The zero-order valence-electron chi connectivity index (χ0n) is 21.9. The Morgan fingerprint density at radius 2 is 1.77 bits per heavy atom. The van der Waals surface area contributed by atoms with Gasteiger partial charge in [-0.05, 0) is 48.4 Å². The van der Waals surface area contributed by atoms with Gasteiger partial charge in [-0.2, -0.15) is 0 Å². The Kier molecular flexibility index (Phi) is 7.50. The lowest BCUT2D eigenvalue weighted by atomic mass is 9.95. The van der Waals surface area contributed by atoms with E-state index in [4.69, 9.17) is 9.47 Å². The molecule has 206 valence electrons. The molecule has 0 saturated carbocycles. The summed E-state index contributed by atoms with van der Waals surface area (Å²) in [6, 6.07) is 14.0. The van der Waals surface area contributed by atoms with E-state index >= 15 is 0 Å². The summed E-state index contributed by atoms with van der Waals surface area (Å²) in [4.78, 5) is 34.9. The molecule has 0 aliphatic carbocycles. The first-order valence-electron chi connectivity index (χ1n) is 12.8. The number of rotatable bonds is 9. The number of ether oxygens (including phenoxy) is 2. The predicted octanol–water partition coefficient (Wildman–Crippen LogP) is 6.05. The second-order valence-electron chi connectivity index (χ2n) is 9.37. The molecule has 4 aromatic rings. The molecule has 0 spiro atoms. The molecule has 0 radical (unpaired) electrons. The van der Waals surface area contributed by atoms with Crippen LogP contribution in [-0.4, -0.2) is 40.5 Å². The van der Waals surface area contributed by atoms with Crippen molar-refractivity contribution in [1.82, 2.24) is 9.97 Å². The molecule has 5 rings (SSSR count). The Hall–Kier alpha value is -4.73. The number of imidazole rings is 1. The number of aliphatic hydroxyl groups is 1. The van der Waals surface area contributed by atoms with Crippen LogP contribution in [0.5, 0.6) is 11.5 Å². The molecular formula is C30H27F2N3O5. The average Bonchev–Trinajstić information content (AvgIpc) is 3.48. The number of nitrogens with one attached hydrogen (secondary N) is 1. The van der Waals surface area contributed by atoms with Crippen molar-refractivity contribution >= 4 is 34.4 Å². The van der Waals surface area contributed by atoms with Gasteiger partial charge in [0.2, 0.25) is 5.95 Å². The molecule has 8 nitrogen and oxygen atoms in total. The number of nitrogens with zero attached hydrogens (tertiary/aromatic N) is 2. The van der Waals surface area contributed by atoms with Crippen LogP contribution in [0.3, 0.4) is 0 Å². The Morgan fingerprint density at radius 1 is 1.02 bits per heavy atom. The topological polar surface area (TPSA) is 105 Å². The van der Waals surface area contributed by atoms with Crippen molar-refractivity contribution in [1.29, 1.82) is 0 Å². The maximum absolute atomic E-state index is 13.9. The number of aromatic nitrogens is 2. The lowest BCUT2D eigenvalue weighted by Gasteiger charge is -2.23. The molecule has 1 saturated heterocycles. The number of hydrogen-bond acceptors (Lipinski definition) is 6. The summed E-state index contributed by atoms with van der Waals surface area (Å²) in [6.45, 7) is 2.67. The number of unbranched alkanes of at least 4 members (excludes halogenated alkanes) is 2. The minimum atomic E-state index is -1.12. The van der Waals surface area contributed by atoms with Crippen molar-refractivity contribution in [2.75, 3.05) is 18.6 Å². The van der Waals surface area contributed by atoms with Gasteiger partial charge in [0, 0.05) is 17.7 Å². The van der Waals surface area contributed by atoms with E-state index in [-0.39, 0.29) is 28.3 Å². The third-order valence-electron chi connectivity index (χ3n) is 6.74. The number of methoxy groups -OCH3 is 1. The van der Waals surface area contributed by atoms with Crippen molar-refractivity contribution in [2.45, 2.75) is 32.2 Å². The summed E-state index contributed by atoms with van der Waals surface area (Å²) >= 11 is 0. The highest BCUT2D eigenvalue weighted by atomic mass is 19.2. The van der Waals surface area contributed by atoms with Crippen LogP contribution in [0, 0.1) is 11.6 Å². The molecule has 1 amide bonds. The second-order valence-corrected chi connectivity index (χ2v) is 9.37. The predicted molar refractivity (Wildman–Crippen MR) is 145 cm³/mol. The normalized spacial score (nSPS) is 16.6. The molecule has 3 aromatic carbocycles. The number of aromatic amines is 1. The van der Waals surface area contributed by atoms with Gasteiger partial charge in [-0.1, -0.05) is 31.9 Å². The summed E-state index contributed by atoms with van der Waals surface area (Å²) in [7, 11) is 1.48. The smallest absolute Gasteiger partial charge is 0.302 e. The van der Waals surface area contributed by atoms with Gasteiger partial charge in [-0.15, -0.1) is 0 Å². The first kappa shape index (κ1) is 26.9. The average molecular weight is 548 g/mol. The van der Waals surface area contributed by atoms with Crippen LogP contribution in [0.25, 0.3) is 16.8 Å². The lowest BCUT2D eigenvalue weighted by molar-refractivity contribution is -0.132. The maximum Gasteiger partial charge on any atom is 0.302 e. The van der Waals surface area contributed by atoms with Crippen LogP contribution in [0.15, 0.2) is 66.2 Å². The van der Waals surface area contributed by atoms with Gasteiger partial charge in [-0.3, -0.25) is 14.5 Å². The van der Waals surface area contributed by atoms with Gasteiger partial charge >= 0.3 is 5.91 Å². The lowest BCUT2D eigenvalue weighted by Crippen LogP contribution is -2.30. The number of carbonyl (C=O) groups is 2. The SMILES string of the molecule is CCCCCOc1ccc(/C(O)=C2\C(=O)C(=O)N(c3nc4cc(F)c(F)cc4[nH]3)C2c2cccc(OC)c2)cc1. The summed E-state index contributed by atoms with van der Waals surface area (Å²) in [5.41, 5.74) is 0.784. The van der Waals surface area contributed by atoms with E-state index in [1.807, 2.05) is 0 Å². The summed E-state index contributed by atoms with van der Waals surface area (Å²) in [5, 5.41) is 11.4. The largest absolute Gasteiger partial charge is 0.507 e. The molecule has 2 heterocycles. The minimum Gasteiger partial charge on any atom is -0.507 e. The number of fused-ring (bicyclic) bond motifs is 1. The van der Waals surface area contributed by atoms with Crippen molar-refractivity contribution in [3.63, 3.8) is 0 Å². The zero-order valence-corrected chi connectivity index (χ0v) is 21.9. The fraction of sp³-hybridized carbons (Fsp3) is 0.233. The third-order valence-corrected chi connectivity index (χ3v) is 6.74. The number of benzene rings is 3. The van der Waals surface area contributed by atoms with Crippen LogP contribution in [-0.2, 0) is 9.59 Å². The molecule has 1 aliphatic rings. The summed E-state index contributed by atoms with van der Waals surface area (Å²) in [6.07, 6.45) is 3.05. The van der Waals surface area contributed by atoms with E-state index in [1.165, 1.54) is 7.11 Å². The molecule has 40 heavy (non-hydrogen) atoms. The van der Waals surface area contributed by atoms with E-state index in [1.54, 1.807) is 48.5 Å². The van der Waals surface area contributed by atoms with Crippen LogP contribution in [0.4, 0.5) is 14.7 Å². The van der Waals surface area contributed by atoms with E-state index in [0.29, 0.717) is 29.2 Å². The standard InChI is InChI=1S/C30H27F2N3O5/c1-3-4-5-13-40-19-11-9-17(10-12-19)27(36)25-26(18-7-6-8-20(14-18)39-2)35(29(38)28(25)37)30-33-23-15-21(31)22(32)16-24(23)34-30/h6-12,14-16,26,36H,3-5,13H2,1-2H3,(H,33,34)/b27-25+. The number of hydrogen-bond donors (Lipinski definition) is 2. The number of carbonyl (C=O) groups excluding carboxylic acids is 2. The Balaban J connectivity index is 1.60. The fourth-order valence-electron chi connectivity index (χ4n) is 4.69. The Bertz CT molecular complexity index is 1570. The van der Waals surface area contributed by atoms with Crippen molar-refractivity contribution < 1.29 is 33.0 Å². The quantitative estimate of drug-likeness (QED) is 0.115. The molecule has 1 fully saturated rings. The van der Waals surface area contributed by atoms with Gasteiger partial charge in [0.15, 0.2) is 11.6 Å². The van der Waals surface area contributed by atoms with Crippen LogP contribution in [0.2, 0.25) is 0 Å². The van der Waals surface area contributed by atoms with Crippen molar-refractivity contribution in [3.8, 4) is 11.5 Å². The minimum absolute atomic E-state index is 0.0646. The molecular weight excluding hydrogens is 520 g/mol. The van der Waals surface area contributed by atoms with Crippen molar-refractivity contribution in [2.24, 2.45) is 0 Å². The second kappa shape index (κ2) is 11.2. The highest BCUT2D eigenvalue weighted by Crippen LogP contribution is 2.42. The maximum atomic E-state index is 13.9. The Labute approximate surface area is 228 Å². The number of aliphatic hydroxyl groups excluding tert-OH is 1. The number of ketones is 1. The van der Waals surface area contributed by atoms with Crippen LogP contribution in [0.1, 0.15) is 43.4 Å². The van der Waals surface area contributed by atoms with Crippen molar-refractivity contribution in [3.05, 3.63) is 89.0 Å². The summed E-state index contributed by atoms with van der Waals surface area (Å²) < 4.78 is 38.8. The molecule has 1 atom stereocenters. The number of Topliss-reactive ketones (excluding diaryl/α,β-unsaturated/α-hetero) is 1.